The van der Waals surface area contributed by atoms with Gasteiger partial charge in [-0.15, -0.1) is 0 Å². The molecule has 0 aromatic heterocycles. The minimum atomic E-state index is -0.400. The predicted octanol–water partition coefficient (Wildman–Crippen LogP) is 1.43. The number of anilines is 1. The normalized spacial score (nSPS) is 21.2. The van der Waals surface area contributed by atoms with E-state index < -0.39 is 5.91 Å². The monoisotopic (exact) mass is 289 g/mol. The first kappa shape index (κ1) is 15.5. The first-order valence-electron chi connectivity index (χ1n) is 7.46. The molecule has 5 heteroatoms. The molecule has 0 saturated carbocycles. The Morgan fingerprint density at radius 3 is 2.76 bits per heavy atom. The molecule has 1 heterocycles. The van der Waals surface area contributed by atoms with Crippen molar-refractivity contribution < 1.29 is 9.59 Å². The van der Waals surface area contributed by atoms with Gasteiger partial charge in [0.2, 0.25) is 11.8 Å². The molecule has 1 unspecified atom stereocenters. The Morgan fingerprint density at radius 2 is 2.14 bits per heavy atom. The SMILES string of the molecule is CCCC1(C(=O)Nc2ccccc2CC(N)=O)CCNC1. The Balaban J connectivity index is 2.17. The zero-order valence-corrected chi connectivity index (χ0v) is 12.4. The first-order valence-corrected chi connectivity index (χ1v) is 7.46. The standard InChI is InChI=1S/C16H23N3O2/c1-2-7-16(8-9-18-11-16)15(21)19-13-6-4-3-5-12(13)10-14(17)20/h3-6,18H,2,7-11H2,1H3,(H2,17,20)(H,19,21). The van der Waals surface area contributed by atoms with Gasteiger partial charge in [-0.1, -0.05) is 31.5 Å². The lowest BCUT2D eigenvalue weighted by Crippen LogP contribution is -2.38. The maximum absolute atomic E-state index is 12.7. The zero-order valence-electron chi connectivity index (χ0n) is 12.4. The van der Waals surface area contributed by atoms with Crippen molar-refractivity contribution in [3.63, 3.8) is 0 Å². The number of nitrogens with one attached hydrogen (secondary N) is 2. The maximum Gasteiger partial charge on any atom is 0.231 e. The van der Waals surface area contributed by atoms with Crippen LogP contribution < -0.4 is 16.4 Å². The van der Waals surface area contributed by atoms with Crippen LogP contribution in [0.25, 0.3) is 0 Å². The van der Waals surface area contributed by atoms with Crippen molar-refractivity contribution in [1.29, 1.82) is 0 Å². The molecule has 0 radical (unpaired) electrons. The van der Waals surface area contributed by atoms with Gasteiger partial charge in [0.15, 0.2) is 0 Å². The molecule has 0 spiro atoms. The number of carbonyl (C=O) groups excluding carboxylic acids is 2. The van der Waals surface area contributed by atoms with Crippen molar-refractivity contribution in [2.24, 2.45) is 11.1 Å². The lowest BCUT2D eigenvalue weighted by molar-refractivity contribution is -0.125. The molecule has 0 aliphatic carbocycles. The zero-order chi connectivity index (χ0) is 15.3. The Labute approximate surface area is 125 Å². The summed E-state index contributed by atoms with van der Waals surface area (Å²) < 4.78 is 0. The van der Waals surface area contributed by atoms with Gasteiger partial charge in [0.05, 0.1) is 11.8 Å². The predicted molar refractivity (Wildman–Crippen MR) is 82.8 cm³/mol. The van der Waals surface area contributed by atoms with E-state index in [2.05, 4.69) is 17.6 Å². The summed E-state index contributed by atoms with van der Waals surface area (Å²) in [5.74, 6) is -0.367. The summed E-state index contributed by atoms with van der Waals surface area (Å²) in [6.07, 6.45) is 2.82. The van der Waals surface area contributed by atoms with E-state index in [1.54, 1.807) is 0 Å². The highest BCUT2D eigenvalue weighted by molar-refractivity contribution is 5.97. The summed E-state index contributed by atoms with van der Waals surface area (Å²) in [6, 6.07) is 7.32. The molecule has 2 amide bonds. The van der Waals surface area contributed by atoms with Gasteiger partial charge in [0.25, 0.3) is 0 Å². The molecule has 1 atom stereocenters. The van der Waals surface area contributed by atoms with E-state index in [4.69, 9.17) is 5.73 Å². The maximum atomic E-state index is 12.7. The van der Waals surface area contributed by atoms with Crippen LogP contribution in [0.3, 0.4) is 0 Å². The van der Waals surface area contributed by atoms with E-state index >= 15 is 0 Å². The molecule has 114 valence electrons. The lowest BCUT2D eigenvalue weighted by atomic mass is 9.81. The van der Waals surface area contributed by atoms with Crippen LogP contribution in [-0.4, -0.2) is 24.9 Å². The van der Waals surface area contributed by atoms with Crippen molar-refractivity contribution in [3.8, 4) is 0 Å². The molecule has 21 heavy (non-hydrogen) atoms. The molecule has 5 nitrogen and oxygen atoms in total. The third kappa shape index (κ3) is 3.61. The fourth-order valence-corrected chi connectivity index (χ4v) is 2.98. The number of benzene rings is 1. The third-order valence-corrected chi connectivity index (χ3v) is 4.08. The third-order valence-electron chi connectivity index (χ3n) is 4.08. The Morgan fingerprint density at radius 1 is 1.38 bits per heavy atom. The number of carbonyl (C=O) groups is 2. The minimum absolute atomic E-state index is 0.0336. The summed E-state index contributed by atoms with van der Waals surface area (Å²) in [4.78, 5) is 23.8. The van der Waals surface area contributed by atoms with Crippen LogP contribution in [0.4, 0.5) is 5.69 Å². The molecule has 1 aliphatic heterocycles. The molecule has 1 aromatic rings. The average Bonchev–Trinajstić information content (AvgIpc) is 2.91. The molecule has 2 rings (SSSR count). The van der Waals surface area contributed by atoms with Crippen molar-refractivity contribution in [2.75, 3.05) is 18.4 Å². The highest BCUT2D eigenvalue weighted by atomic mass is 16.2. The van der Waals surface area contributed by atoms with Crippen molar-refractivity contribution in [3.05, 3.63) is 29.8 Å². The summed E-state index contributed by atoms with van der Waals surface area (Å²) in [7, 11) is 0. The largest absolute Gasteiger partial charge is 0.369 e. The molecule has 1 aliphatic rings. The van der Waals surface area contributed by atoms with Crippen molar-refractivity contribution in [2.45, 2.75) is 32.6 Å². The molecule has 1 saturated heterocycles. The average molecular weight is 289 g/mol. The van der Waals surface area contributed by atoms with Crippen LogP contribution in [0, 0.1) is 5.41 Å². The highest BCUT2D eigenvalue weighted by Gasteiger charge is 2.40. The Hall–Kier alpha value is -1.88. The minimum Gasteiger partial charge on any atom is -0.369 e. The first-order chi connectivity index (χ1) is 10.1. The number of nitrogens with two attached hydrogens (primary N) is 1. The summed E-state index contributed by atoms with van der Waals surface area (Å²) in [6.45, 7) is 3.68. The molecule has 0 bridgehead atoms. The smallest absolute Gasteiger partial charge is 0.231 e. The summed E-state index contributed by atoms with van der Waals surface area (Å²) >= 11 is 0. The molecule has 1 aromatic carbocycles. The molecular formula is C16H23N3O2. The van der Waals surface area contributed by atoms with E-state index in [1.165, 1.54) is 0 Å². The van der Waals surface area contributed by atoms with Gasteiger partial charge < -0.3 is 16.4 Å². The Kier molecular flexibility index (Phi) is 4.96. The van der Waals surface area contributed by atoms with Crippen LogP contribution in [0.2, 0.25) is 0 Å². The quantitative estimate of drug-likeness (QED) is 0.740. The van der Waals surface area contributed by atoms with Crippen molar-refractivity contribution >= 4 is 17.5 Å². The topological polar surface area (TPSA) is 84.2 Å². The van der Waals surface area contributed by atoms with Gasteiger partial charge >= 0.3 is 0 Å². The second kappa shape index (κ2) is 6.72. The fourth-order valence-electron chi connectivity index (χ4n) is 2.98. The van der Waals surface area contributed by atoms with Gasteiger partial charge in [0.1, 0.15) is 0 Å². The molecular weight excluding hydrogens is 266 g/mol. The fraction of sp³-hybridized carbons (Fsp3) is 0.500. The second-order valence-corrected chi connectivity index (χ2v) is 5.71. The van der Waals surface area contributed by atoms with Gasteiger partial charge in [-0.3, -0.25) is 9.59 Å². The summed E-state index contributed by atoms with van der Waals surface area (Å²) in [5.41, 5.74) is 6.36. The van der Waals surface area contributed by atoms with Crippen molar-refractivity contribution in [1.82, 2.24) is 5.32 Å². The Bertz CT molecular complexity index is 522. The van der Waals surface area contributed by atoms with Crippen LogP contribution in [0.1, 0.15) is 31.7 Å². The molecule has 1 fully saturated rings. The summed E-state index contributed by atoms with van der Waals surface area (Å²) in [5, 5.41) is 6.27. The number of hydrogen-bond donors (Lipinski definition) is 3. The van der Waals surface area contributed by atoms with Gasteiger partial charge in [-0.2, -0.15) is 0 Å². The van der Waals surface area contributed by atoms with E-state index in [1.807, 2.05) is 24.3 Å². The second-order valence-electron chi connectivity index (χ2n) is 5.71. The van der Waals surface area contributed by atoms with E-state index in [0.29, 0.717) is 12.2 Å². The number of primary amides is 1. The molecule has 4 N–H and O–H groups in total. The van der Waals surface area contributed by atoms with Gasteiger partial charge in [-0.25, -0.2) is 0 Å². The van der Waals surface area contributed by atoms with Crippen LogP contribution >= 0.6 is 0 Å². The number of hydrogen-bond acceptors (Lipinski definition) is 3. The van der Waals surface area contributed by atoms with Crippen LogP contribution in [-0.2, 0) is 16.0 Å². The highest BCUT2D eigenvalue weighted by Crippen LogP contribution is 2.33. The number of amides is 2. The van der Waals surface area contributed by atoms with E-state index in [-0.39, 0.29) is 17.7 Å². The van der Waals surface area contributed by atoms with E-state index in [0.717, 1.165) is 31.4 Å². The van der Waals surface area contributed by atoms with Crippen LogP contribution in [0.5, 0.6) is 0 Å². The number of para-hydroxylation sites is 1. The number of rotatable bonds is 6. The van der Waals surface area contributed by atoms with Gasteiger partial charge in [-0.05, 0) is 31.0 Å². The van der Waals surface area contributed by atoms with Crippen LogP contribution in [0.15, 0.2) is 24.3 Å². The van der Waals surface area contributed by atoms with Gasteiger partial charge in [0, 0.05) is 12.2 Å². The van der Waals surface area contributed by atoms with E-state index in [9.17, 15) is 9.59 Å². The lowest BCUT2D eigenvalue weighted by Gasteiger charge is -2.27.